The molecule has 0 spiro atoms. The lowest BCUT2D eigenvalue weighted by Gasteiger charge is -2.30. The molecule has 5 rings (SSSR count). The molecule has 150 valence electrons. The van der Waals surface area contributed by atoms with Crippen molar-refractivity contribution in [2.24, 2.45) is 11.0 Å². The summed E-state index contributed by atoms with van der Waals surface area (Å²) in [5.41, 5.74) is 4.15. The number of carboxylic acid groups (broad SMARTS) is 1. The summed E-state index contributed by atoms with van der Waals surface area (Å²) in [5, 5.41) is 16.2. The van der Waals surface area contributed by atoms with Crippen LogP contribution in [0.25, 0.3) is 0 Å². The highest BCUT2D eigenvalue weighted by molar-refractivity contribution is 6.08. The highest BCUT2D eigenvalue weighted by Crippen LogP contribution is 2.44. The van der Waals surface area contributed by atoms with Crippen molar-refractivity contribution in [3.63, 3.8) is 0 Å². The second-order valence-electron chi connectivity index (χ2n) is 7.31. The second-order valence-corrected chi connectivity index (χ2v) is 7.31. The minimum atomic E-state index is -0.947. The smallest absolute Gasteiger partial charge is 0.335 e. The lowest BCUT2D eigenvalue weighted by Crippen LogP contribution is -2.32. The zero-order chi connectivity index (χ0) is 20.7. The molecule has 0 bridgehead atoms. The van der Waals surface area contributed by atoms with E-state index in [-0.39, 0.29) is 17.5 Å². The van der Waals surface area contributed by atoms with Crippen LogP contribution in [0.4, 0.5) is 5.69 Å². The number of para-hydroxylation sites is 1. The Hall–Kier alpha value is -3.80. The first-order chi connectivity index (χ1) is 14.7. The van der Waals surface area contributed by atoms with Crippen molar-refractivity contribution in [2.75, 3.05) is 18.7 Å². The van der Waals surface area contributed by atoms with Crippen molar-refractivity contribution >= 4 is 17.4 Å². The summed E-state index contributed by atoms with van der Waals surface area (Å²) >= 11 is 0. The van der Waals surface area contributed by atoms with Crippen molar-refractivity contribution in [1.29, 1.82) is 0 Å². The fraction of sp³-hybridized carbons (Fsp3) is 0.167. The van der Waals surface area contributed by atoms with Gasteiger partial charge in [0.05, 0.1) is 42.6 Å². The molecule has 0 fully saturated rings. The van der Waals surface area contributed by atoms with Gasteiger partial charge in [-0.3, -0.25) is 5.01 Å². The molecule has 0 amide bonds. The Morgan fingerprint density at radius 3 is 2.50 bits per heavy atom. The molecule has 0 radical (unpaired) electrons. The van der Waals surface area contributed by atoms with E-state index >= 15 is 0 Å². The van der Waals surface area contributed by atoms with E-state index in [2.05, 4.69) is 0 Å². The van der Waals surface area contributed by atoms with Crippen molar-refractivity contribution in [2.45, 2.75) is 6.04 Å². The number of methoxy groups -OCH3 is 1. The van der Waals surface area contributed by atoms with E-state index in [1.54, 1.807) is 31.4 Å². The number of carbonyl (C=O) groups is 1. The number of ether oxygens (including phenoxy) is 2. The van der Waals surface area contributed by atoms with Gasteiger partial charge in [-0.1, -0.05) is 24.3 Å². The van der Waals surface area contributed by atoms with Crippen LogP contribution in [-0.4, -0.2) is 30.5 Å². The summed E-state index contributed by atoms with van der Waals surface area (Å²) in [6.45, 7) is 0.524. The van der Waals surface area contributed by atoms with Crippen LogP contribution in [0.1, 0.15) is 27.5 Å². The molecule has 2 heterocycles. The lowest BCUT2D eigenvalue weighted by molar-refractivity contribution is 0.0697. The van der Waals surface area contributed by atoms with Gasteiger partial charge in [-0.2, -0.15) is 5.10 Å². The van der Waals surface area contributed by atoms with Crippen LogP contribution in [0.5, 0.6) is 11.5 Å². The Balaban J connectivity index is 1.60. The predicted octanol–water partition coefficient (Wildman–Crippen LogP) is 4.37. The van der Waals surface area contributed by atoms with Gasteiger partial charge in [-0.05, 0) is 54.1 Å². The third-order valence-corrected chi connectivity index (χ3v) is 5.63. The molecule has 2 aliphatic heterocycles. The van der Waals surface area contributed by atoms with Gasteiger partial charge < -0.3 is 14.6 Å². The maximum absolute atomic E-state index is 11.3. The summed E-state index contributed by atoms with van der Waals surface area (Å²) in [7, 11) is 1.65. The fourth-order valence-electron chi connectivity index (χ4n) is 4.13. The summed E-state index contributed by atoms with van der Waals surface area (Å²) < 4.78 is 11.4. The zero-order valence-electron chi connectivity index (χ0n) is 16.4. The van der Waals surface area contributed by atoms with Crippen LogP contribution in [0.3, 0.4) is 0 Å². The van der Waals surface area contributed by atoms with Gasteiger partial charge in [0.2, 0.25) is 0 Å². The van der Waals surface area contributed by atoms with E-state index < -0.39 is 5.97 Å². The average molecular weight is 400 g/mol. The van der Waals surface area contributed by atoms with E-state index in [1.807, 2.05) is 53.5 Å². The van der Waals surface area contributed by atoms with Crippen molar-refractivity contribution in [3.8, 4) is 11.5 Å². The van der Waals surface area contributed by atoms with Crippen LogP contribution < -0.4 is 14.5 Å². The largest absolute Gasteiger partial charge is 0.497 e. The van der Waals surface area contributed by atoms with Gasteiger partial charge in [0.15, 0.2) is 0 Å². The van der Waals surface area contributed by atoms with E-state index in [4.69, 9.17) is 14.6 Å². The number of aromatic carboxylic acids is 1. The summed E-state index contributed by atoms with van der Waals surface area (Å²) in [5.74, 6) is 0.731. The third-order valence-electron chi connectivity index (χ3n) is 5.63. The number of fused-ring (bicyclic) bond motifs is 3. The topological polar surface area (TPSA) is 71.4 Å². The van der Waals surface area contributed by atoms with Gasteiger partial charge in [0.25, 0.3) is 0 Å². The number of benzene rings is 3. The van der Waals surface area contributed by atoms with Gasteiger partial charge in [0.1, 0.15) is 11.5 Å². The second kappa shape index (κ2) is 7.22. The number of nitrogens with zero attached hydrogens (tertiary/aromatic N) is 2. The van der Waals surface area contributed by atoms with E-state index in [0.717, 1.165) is 34.0 Å². The minimum absolute atomic E-state index is 0.0486. The molecular weight excluding hydrogens is 380 g/mol. The molecule has 0 saturated heterocycles. The van der Waals surface area contributed by atoms with Crippen LogP contribution in [-0.2, 0) is 0 Å². The van der Waals surface area contributed by atoms with Crippen molar-refractivity contribution < 1.29 is 19.4 Å². The van der Waals surface area contributed by atoms with Gasteiger partial charge in [0, 0.05) is 5.56 Å². The number of hydrazone groups is 1. The quantitative estimate of drug-likeness (QED) is 0.704. The third kappa shape index (κ3) is 2.97. The normalized spacial score (nSPS) is 19.4. The number of rotatable bonds is 4. The number of hydrogen-bond donors (Lipinski definition) is 1. The average Bonchev–Trinajstić information content (AvgIpc) is 3.19. The first-order valence-electron chi connectivity index (χ1n) is 9.73. The van der Waals surface area contributed by atoms with Crippen LogP contribution >= 0.6 is 0 Å². The van der Waals surface area contributed by atoms with E-state index in [0.29, 0.717) is 6.61 Å². The number of carboxylic acids is 1. The standard InChI is InChI=1S/C24H20N2O4/c1-29-18-12-8-15(9-13-18)23-20-14-30-21-5-3-2-4-19(21)22(20)25-26(23)17-10-6-16(7-11-17)24(27)28/h2-13,20,23H,14H2,1H3,(H,27,28). The Labute approximate surface area is 174 Å². The molecule has 3 aromatic rings. The number of anilines is 1. The molecule has 1 N–H and O–H groups in total. The summed E-state index contributed by atoms with van der Waals surface area (Å²) in [6.07, 6.45) is 0. The van der Waals surface area contributed by atoms with Crippen molar-refractivity contribution in [3.05, 3.63) is 89.5 Å². The zero-order valence-corrected chi connectivity index (χ0v) is 16.4. The Morgan fingerprint density at radius 2 is 1.80 bits per heavy atom. The van der Waals surface area contributed by atoms with Gasteiger partial charge >= 0.3 is 5.97 Å². The minimum Gasteiger partial charge on any atom is -0.497 e. The first kappa shape index (κ1) is 18.2. The van der Waals surface area contributed by atoms with Crippen LogP contribution in [0, 0.1) is 5.92 Å². The van der Waals surface area contributed by atoms with E-state index in [1.165, 1.54) is 0 Å². The lowest BCUT2D eigenvalue weighted by atomic mass is 9.85. The SMILES string of the molecule is COc1ccc(C2C3COc4ccccc4C3=NN2c2ccc(C(=O)O)cc2)cc1. The molecule has 0 saturated carbocycles. The molecule has 2 aliphatic rings. The summed E-state index contributed by atoms with van der Waals surface area (Å²) in [6, 6.07) is 22.6. The Bertz CT molecular complexity index is 1120. The molecule has 2 unspecified atom stereocenters. The van der Waals surface area contributed by atoms with E-state index in [9.17, 15) is 9.90 Å². The van der Waals surface area contributed by atoms with Crippen LogP contribution in [0.2, 0.25) is 0 Å². The monoisotopic (exact) mass is 400 g/mol. The molecule has 30 heavy (non-hydrogen) atoms. The maximum Gasteiger partial charge on any atom is 0.335 e. The molecular formula is C24H20N2O4. The molecule has 6 nitrogen and oxygen atoms in total. The van der Waals surface area contributed by atoms with Crippen molar-refractivity contribution in [1.82, 2.24) is 0 Å². The molecule has 0 aromatic heterocycles. The molecule has 2 atom stereocenters. The highest BCUT2D eigenvalue weighted by atomic mass is 16.5. The van der Waals surface area contributed by atoms with Gasteiger partial charge in [-0.25, -0.2) is 4.79 Å². The molecule has 0 aliphatic carbocycles. The Morgan fingerprint density at radius 1 is 1.07 bits per heavy atom. The molecule has 6 heteroatoms. The fourth-order valence-corrected chi connectivity index (χ4v) is 4.13. The number of hydrogen-bond acceptors (Lipinski definition) is 5. The highest BCUT2D eigenvalue weighted by Gasteiger charge is 2.43. The van der Waals surface area contributed by atoms with Gasteiger partial charge in [-0.15, -0.1) is 0 Å². The first-order valence-corrected chi connectivity index (χ1v) is 9.73. The predicted molar refractivity (Wildman–Crippen MR) is 114 cm³/mol. The van der Waals surface area contributed by atoms with Crippen LogP contribution in [0.15, 0.2) is 77.9 Å². The summed E-state index contributed by atoms with van der Waals surface area (Å²) in [4.78, 5) is 11.3. The maximum atomic E-state index is 11.3. The Kier molecular flexibility index (Phi) is 4.39. The molecule has 3 aromatic carbocycles.